The molecule has 0 heterocycles. The molecule has 2 unspecified atom stereocenters. The summed E-state index contributed by atoms with van der Waals surface area (Å²) < 4.78 is 0. The summed E-state index contributed by atoms with van der Waals surface area (Å²) in [6, 6.07) is 0. The molecule has 0 bridgehead atoms. The molecule has 84 valence electrons. The third kappa shape index (κ3) is 3.00. The van der Waals surface area contributed by atoms with Gasteiger partial charge in [0.15, 0.2) is 0 Å². The lowest BCUT2D eigenvalue weighted by Crippen LogP contribution is -2.30. The molecular formula is C14H28. The van der Waals surface area contributed by atoms with Crippen LogP contribution in [0.15, 0.2) is 0 Å². The van der Waals surface area contributed by atoms with Crippen LogP contribution in [0.5, 0.6) is 0 Å². The molecule has 0 radical (unpaired) electrons. The van der Waals surface area contributed by atoms with E-state index in [9.17, 15) is 0 Å². The van der Waals surface area contributed by atoms with Gasteiger partial charge in [0.05, 0.1) is 0 Å². The van der Waals surface area contributed by atoms with Gasteiger partial charge in [-0.2, -0.15) is 0 Å². The lowest BCUT2D eigenvalue weighted by atomic mass is 9.64. The van der Waals surface area contributed by atoms with Crippen molar-refractivity contribution in [3.63, 3.8) is 0 Å². The Kier molecular flexibility index (Phi) is 3.33. The molecule has 0 heteroatoms. The van der Waals surface area contributed by atoms with Crippen LogP contribution in [0.1, 0.15) is 67.2 Å². The Bertz CT molecular complexity index is 188. The van der Waals surface area contributed by atoms with Crippen molar-refractivity contribution in [2.24, 2.45) is 22.7 Å². The average molecular weight is 196 g/mol. The number of hydrogen-bond acceptors (Lipinski definition) is 0. The zero-order valence-electron chi connectivity index (χ0n) is 11.0. The molecule has 0 aromatic carbocycles. The van der Waals surface area contributed by atoms with Crippen LogP contribution in [0.25, 0.3) is 0 Å². The highest BCUT2D eigenvalue weighted by atomic mass is 14.4. The van der Waals surface area contributed by atoms with Crippen molar-refractivity contribution in [3.05, 3.63) is 0 Å². The van der Waals surface area contributed by atoms with E-state index in [1.54, 1.807) is 0 Å². The molecule has 0 spiro atoms. The van der Waals surface area contributed by atoms with E-state index in [1.165, 1.54) is 25.7 Å². The molecule has 0 aromatic heterocycles. The fourth-order valence-corrected chi connectivity index (χ4v) is 3.21. The van der Waals surface area contributed by atoms with Crippen molar-refractivity contribution >= 4 is 0 Å². The van der Waals surface area contributed by atoms with Gasteiger partial charge in [0.25, 0.3) is 0 Å². The molecule has 0 nitrogen and oxygen atoms in total. The Balaban J connectivity index is 2.72. The lowest BCUT2D eigenvalue weighted by molar-refractivity contribution is 0.0965. The molecule has 2 atom stereocenters. The highest BCUT2D eigenvalue weighted by molar-refractivity contribution is 4.84. The Morgan fingerprint density at radius 3 is 2.07 bits per heavy atom. The van der Waals surface area contributed by atoms with E-state index < -0.39 is 0 Å². The Morgan fingerprint density at radius 1 is 0.929 bits per heavy atom. The first-order chi connectivity index (χ1) is 6.23. The first-order valence-electron chi connectivity index (χ1n) is 6.23. The van der Waals surface area contributed by atoms with E-state index in [-0.39, 0.29) is 0 Å². The van der Waals surface area contributed by atoms with E-state index >= 15 is 0 Å². The van der Waals surface area contributed by atoms with Crippen LogP contribution < -0.4 is 0 Å². The largest absolute Gasteiger partial charge is 0.0625 e. The lowest BCUT2D eigenvalue weighted by Gasteiger charge is -2.41. The third-order valence-electron chi connectivity index (χ3n) is 4.36. The van der Waals surface area contributed by atoms with Crippen LogP contribution in [0.2, 0.25) is 0 Å². The van der Waals surface area contributed by atoms with Crippen LogP contribution in [0, 0.1) is 22.7 Å². The standard InChI is InChI=1S/C14H28/c1-11-9-13(3,4)8-7-12(2)14(5,6)10-11/h11-12H,7-10H2,1-6H3. The summed E-state index contributed by atoms with van der Waals surface area (Å²) in [5.41, 5.74) is 1.13. The van der Waals surface area contributed by atoms with Crippen molar-refractivity contribution in [2.75, 3.05) is 0 Å². The van der Waals surface area contributed by atoms with Crippen molar-refractivity contribution in [1.29, 1.82) is 0 Å². The van der Waals surface area contributed by atoms with E-state index in [0.29, 0.717) is 10.8 Å². The monoisotopic (exact) mass is 196 g/mol. The molecule has 0 amide bonds. The maximum Gasteiger partial charge on any atom is -0.0326 e. The Labute approximate surface area is 90.5 Å². The number of hydrogen-bond donors (Lipinski definition) is 0. The summed E-state index contributed by atoms with van der Waals surface area (Å²) in [5.74, 6) is 1.77. The van der Waals surface area contributed by atoms with Crippen molar-refractivity contribution < 1.29 is 0 Å². The molecular weight excluding hydrogens is 168 g/mol. The van der Waals surface area contributed by atoms with Gasteiger partial charge in [0.1, 0.15) is 0 Å². The molecule has 1 aliphatic rings. The minimum atomic E-state index is 0.552. The fourth-order valence-electron chi connectivity index (χ4n) is 3.21. The molecule has 1 aliphatic carbocycles. The summed E-state index contributed by atoms with van der Waals surface area (Å²) in [4.78, 5) is 0. The summed E-state index contributed by atoms with van der Waals surface area (Å²) in [7, 11) is 0. The van der Waals surface area contributed by atoms with E-state index in [1.807, 2.05) is 0 Å². The molecule has 0 aliphatic heterocycles. The molecule has 0 aromatic rings. The predicted octanol–water partition coefficient (Wildman–Crippen LogP) is 4.89. The van der Waals surface area contributed by atoms with Crippen LogP contribution in [0.4, 0.5) is 0 Å². The fraction of sp³-hybridized carbons (Fsp3) is 1.00. The van der Waals surface area contributed by atoms with E-state index in [4.69, 9.17) is 0 Å². The highest BCUT2D eigenvalue weighted by Crippen LogP contribution is 2.45. The van der Waals surface area contributed by atoms with Gasteiger partial charge in [-0.05, 0) is 48.3 Å². The second-order valence-corrected chi connectivity index (χ2v) is 7.11. The second-order valence-electron chi connectivity index (χ2n) is 7.11. The summed E-state index contributed by atoms with van der Waals surface area (Å²) >= 11 is 0. The van der Waals surface area contributed by atoms with Crippen LogP contribution >= 0.6 is 0 Å². The van der Waals surface area contributed by atoms with E-state index in [0.717, 1.165) is 11.8 Å². The van der Waals surface area contributed by atoms with Gasteiger partial charge >= 0.3 is 0 Å². The van der Waals surface area contributed by atoms with Gasteiger partial charge in [-0.1, -0.05) is 41.5 Å². The van der Waals surface area contributed by atoms with E-state index in [2.05, 4.69) is 41.5 Å². The average Bonchev–Trinajstić information content (AvgIpc) is 1.96. The minimum absolute atomic E-state index is 0.552. The van der Waals surface area contributed by atoms with Crippen LogP contribution in [0.3, 0.4) is 0 Å². The summed E-state index contributed by atoms with van der Waals surface area (Å²) in [6.07, 6.45) is 5.62. The molecule has 1 fully saturated rings. The topological polar surface area (TPSA) is 0 Å². The highest BCUT2D eigenvalue weighted by Gasteiger charge is 2.34. The Morgan fingerprint density at radius 2 is 1.50 bits per heavy atom. The van der Waals surface area contributed by atoms with Crippen molar-refractivity contribution in [3.8, 4) is 0 Å². The molecule has 1 saturated carbocycles. The van der Waals surface area contributed by atoms with Gasteiger partial charge in [-0.15, -0.1) is 0 Å². The summed E-state index contributed by atoms with van der Waals surface area (Å²) in [6.45, 7) is 14.7. The predicted molar refractivity (Wildman–Crippen MR) is 64.4 cm³/mol. The molecule has 0 N–H and O–H groups in total. The first kappa shape index (κ1) is 12.1. The van der Waals surface area contributed by atoms with Crippen LogP contribution in [-0.4, -0.2) is 0 Å². The molecule has 14 heavy (non-hydrogen) atoms. The number of rotatable bonds is 0. The molecule has 0 saturated heterocycles. The van der Waals surface area contributed by atoms with Crippen LogP contribution in [-0.2, 0) is 0 Å². The minimum Gasteiger partial charge on any atom is -0.0625 e. The normalized spacial score (nSPS) is 37.3. The Hall–Kier alpha value is 0. The third-order valence-corrected chi connectivity index (χ3v) is 4.36. The molecule has 1 rings (SSSR count). The first-order valence-corrected chi connectivity index (χ1v) is 6.23. The van der Waals surface area contributed by atoms with Gasteiger partial charge in [-0.25, -0.2) is 0 Å². The second kappa shape index (κ2) is 3.87. The SMILES string of the molecule is CC1CC(C)(C)CCC(C)C(C)(C)C1. The van der Waals surface area contributed by atoms with Gasteiger partial charge in [0.2, 0.25) is 0 Å². The maximum atomic E-state index is 2.45. The van der Waals surface area contributed by atoms with Gasteiger partial charge in [0, 0.05) is 0 Å². The quantitative estimate of drug-likeness (QED) is 0.518. The van der Waals surface area contributed by atoms with Gasteiger partial charge in [-0.3, -0.25) is 0 Å². The van der Waals surface area contributed by atoms with Crippen molar-refractivity contribution in [2.45, 2.75) is 67.2 Å². The summed E-state index contributed by atoms with van der Waals surface area (Å²) in [5, 5.41) is 0. The maximum absolute atomic E-state index is 2.45. The smallest absolute Gasteiger partial charge is 0.0326 e. The van der Waals surface area contributed by atoms with Crippen molar-refractivity contribution in [1.82, 2.24) is 0 Å². The zero-order chi connectivity index (χ0) is 11.0. The zero-order valence-corrected chi connectivity index (χ0v) is 11.0. The van der Waals surface area contributed by atoms with Gasteiger partial charge < -0.3 is 0 Å².